The summed E-state index contributed by atoms with van der Waals surface area (Å²) in [5, 5.41) is 1.94. The Bertz CT molecular complexity index is 722. The number of thiazole rings is 1. The number of nitrogens with one attached hydrogen (secondary N) is 1. The van der Waals surface area contributed by atoms with Crippen LogP contribution < -0.4 is 11.3 Å². The van der Waals surface area contributed by atoms with Gasteiger partial charge in [0.05, 0.1) is 0 Å². The average molecular weight is 221 g/mol. The van der Waals surface area contributed by atoms with E-state index in [-0.39, 0.29) is 11.5 Å². The van der Waals surface area contributed by atoms with Crippen LogP contribution in [0.2, 0.25) is 0 Å². The molecule has 0 bridgehead atoms. The summed E-state index contributed by atoms with van der Waals surface area (Å²) in [7, 11) is 0. The first-order valence-electron chi connectivity index (χ1n) is 4.29. The second kappa shape index (κ2) is 2.57. The van der Waals surface area contributed by atoms with Crippen molar-refractivity contribution in [1.82, 2.24) is 19.4 Å². The normalized spacial score (nSPS) is 11.5. The summed E-state index contributed by atoms with van der Waals surface area (Å²) in [4.78, 5) is 23.1. The summed E-state index contributed by atoms with van der Waals surface area (Å²) in [6.07, 6.45) is 0. The Hall–Kier alpha value is -1.89. The number of fused-ring (bicyclic) bond motifs is 3. The average Bonchev–Trinajstić information content (AvgIpc) is 2.66. The van der Waals surface area contributed by atoms with Crippen LogP contribution in [-0.2, 0) is 0 Å². The van der Waals surface area contributed by atoms with Crippen molar-refractivity contribution >= 4 is 33.4 Å². The third-order valence-electron chi connectivity index (χ3n) is 2.20. The lowest BCUT2D eigenvalue weighted by Gasteiger charge is -1.93. The molecule has 3 aromatic rings. The van der Waals surface area contributed by atoms with E-state index in [9.17, 15) is 4.79 Å². The molecule has 0 unspecified atom stereocenters. The lowest BCUT2D eigenvalue weighted by molar-refractivity contribution is 1.12. The second-order valence-corrected chi connectivity index (χ2v) is 4.07. The summed E-state index contributed by atoms with van der Waals surface area (Å²) in [5.41, 5.74) is 7.00. The summed E-state index contributed by atoms with van der Waals surface area (Å²) in [6, 6.07) is 0. The molecule has 0 aromatic carbocycles. The molecule has 0 radical (unpaired) electrons. The minimum Gasteiger partial charge on any atom is -0.369 e. The van der Waals surface area contributed by atoms with E-state index in [1.54, 1.807) is 4.40 Å². The maximum atomic E-state index is 11.7. The van der Waals surface area contributed by atoms with Crippen LogP contribution in [0.5, 0.6) is 0 Å². The number of nitrogens with two attached hydrogens (primary N) is 1. The number of hydrogen-bond acceptors (Lipinski definition) is 5. The molecule has 0 saturated carbocycles. The maximum Gasteiger partial charge on any atom is 0.278 e. The molecule has 7 heteroatoms. The van der Waals surface area contributed by atoms with Gasteiger partial charge in [-0.2, -0.15) is 9.97 Å². The summed E-state index contributed by atoms with van der Waals surface area (Å²) in [5.74, 6) is 0.0934. The second-order valence-electron chi connectivity index (χ2n) is 3.23. The number of anilines is 1. The molecule has 0 aliphatic carbocycles. The molecular formula is C8H7N5OS. The van der Waals surface area contributed by atoms with Crippen molar-refractivity contribution in [2.24, 2.45) is 0 Å². The van der Waals surface area contributed by atoms with Crippen LogP contribution in [0.1, 0.15) is 5.69 Å². The summed E-state index contributed by atoms with van der Waals surface area (Å²) in [6.45, 7) is 1.92. The predicted molar refractivity (Wildman–Crippen MR) is 58.1 cm³/mol. The minimum atomic E-state index is -0.258. The van der Waals surface area contributed by atoms with Crippen LogP contribution in [-0.4, -0.2) is 19.4 Å². The SMILES string of the molecule is Cc1csc2nc3nc(N)[nH]c(=O)c3n12. The number of nitrogen functional groups attached to an aromatic ring is 1. The first-order valence-corrected chi connectivity index (χ1v) is 5.17. The molecule has 3 N–H and O–H groups in total. The molecule has 3 rings (SSSR count). The Morgan fingerprint density at radius 3 is 3.13 bits per heavy atom. The van der Waals surface area contributed by atoms with Gasteiger partial charge in [-0.05, 0) is 6.92 Å². The van der Waals surface area contributed by atoms with Gasteiger partial charge in [0, 0.05) is 11.1 Å². The fourth-order valence-electron chi connectivity index (χ4n) is 1.58. The van der Waals surface area contributed by atoms with Gasteiger partial charge in [0.25, 0.3) is 5.56 Å². The highest BCUT2D eigenvalue weighted by Crippen LogP contribution is 2.19. The largest absolute Gasteiger partial charge is 0.369 e. The number of rotatable bonds is 0. The molecule has 0 saturated heterocycles. The zero-order valence-corrected chi connectivity index (χ0v) is 8.63. The van der Waals surface area contributed by atoms with E-state index >= 15 is 0 Å². The van der Waals surface area contributed by atoms with Gasteiger partial charge in [-0.25, -0.2) is 0 Å². The van der Waals surface area contributed by atoms with Gasteiger partial charge in [-0.15, -0.1) is 11.3 Å². The van der Waals surface area contributed by atoms with Crippen molar-refractivity contribution in [2.45, 2.75) is 6.92 Å². The predicted octanol–water partition coefficient (Wildman–Crippen LogP) is 0.523. The molecule has 0 atom stereocenters. The van der Waals surface area contributed by atoms with E-state index in [2.05, 4.69) is 15.0 Å². The molecule has 0 aliphatic rings. The summed E-state index contributed by atoms with van der Waals surface area (Å²) >= 11 is 1.47. The standard InChI is InChI=1S/C8H7N5OS/c1-3-2-15-8-11-5-4(13(3)8)6(14)12-7(9)10-5/h2H,1H3,(H3,9,10,12,14). The number of imidazole rings is 1. The van der Waals surface area contributed by atoms with E-state index in [1.165, 1.54) is 11.3 Å². The monoisotopic (exact) mass is 221 g/mol. The van der Waals surface area contributed by atoms with Gasteiger partial charge in [-0.1, -0.05) is 0 Å². The van der Waals surface area contributed by atoms with Crippen molar-refractivity contribution in [3.05, 3.63) is 21.4 Å². The number of hydrogen-bond donors (Lipinski definition) is 2. The Kier molecular flexibility index (Phi) is 1.44. The van der Waals surface area contributed by atoms with Gasteiger partial charge >= 0.3 is 0 Å². The Morgan fingerprint density at radius 1 is 1.53 bits per heavy atom. The first-order chi connectivity index (χ1) is 7.16. The Morgan fingerprint density at radius 2 is 2.33 bits per heavy atom. The van der Waals surface area contributed by atoms with Gasteiger partial charge in [0.1, 0.15) is 0 Å². The molecule has 0 amide bonds. The van der Waals surface area contributed by atoms with Crippen molar-refractivity contribution in [2.75, 3.05) is 5.73 Å². The van der Waals surface area contributed by atoms with Crippen LogP contribution in [0, 0.1) is 6.92 Å². The highest BCUT2D eigenvalue weighted by Gasteiger charge is 2.12. The van der Waals surface area contributed by atoms with Crippen molar-refractivity contribution < 1.29 is 0 Å². The fraction of sp³-hybridized carbons (Fsp3) is 0.125. The third-order valence-corrected chi connectivity index (χ3v) is 3.14. The van der Waals surface area contributed by atoms with Gasteiger partial charge in [0.15, 0.2) is 16.1 Å². The summed E-state index contributed by atoms with van der Waals surface area (Å²) < 4.78 is 1.78. The van der Waals surface area contributed by atoms with Crippen LogP contribution in [0.15, 0.2) is 10.2 Å². The van der Waals surface area contributed by atoms with Crippen LogP contribution in [0.4, 0.5) is 5.95 Å². The zero-order chi connectivity index (χ0) is 10.6. The molecule has 6 nitrogen and oxygen atoms in total. The maximum absolute atomic E-state index is 11.7. The van der Waals surface area contributed by atoms with Crippen LogP contribution >= 0.6 is 11.3 Å². The number of nitrogens with zero attached hydrogens (tertiary/aromatic N) is 3. The first kappa shape index (κ1) is 8.42. The Labute approximate surface area is 87.4 Å². The van der Waals surface area contributed by atoms with E-state index in [0.29, 0.717) is 11.2 Å². The highest BCUT2D eigenvalue weighted by molar-refractivity contribution is 7.15. The molecule has 0 aliphatic heterocycles. The number of aromatic nitrogens is 4. The third kappa shape index (κ3) is 1.00. The van der Waals surface area contributed by atoms with E-state index in [0.717, 1.165) is 10.7 Å². The smallest absolute Gasteiger partial charge is 0.278 e. The zero-order valence-electron chi connectivity index (χ0n) is 7.81. The van der Waals surface area contributed by atoms with Crippen LogP contribution in [0.3, 0.4) is 0 Å². The number of aromatic amines is 1. The van der Waals surface area contributed by atoms with Gasteiger partial charge in [0.2, 0.25) is 5.95 Å². The van der Waals surface area contributed by atoms with Gasteiger partial charge < -0.3 is 5.73 Å². The highest BCUT2D eigenvalue weighted by atomic mass is 32.1. The minimum absolute atomic E-state index is 0.0934. The number of aryl methyl sites for hydroxylation is 1. The molecule has 76 valence electrons. The molecule has 0 spiro atoms. The van der Waals surface area contributed by atoms with Crippen molar-refractivity contribution in [1.29, 1.82) is 0 Å². The fourth-order valence-corrected chi connectivity index (χ4v) is 2.45. The van der Waals surface area contributed by atoms with Crippen LogP contribution in [0.25, 0.3) is 16.1 Å². The topological polar surface area (TPSA) is 89.1 Å². The Balaban J connectivity index is 2.69. The van der Waals surface area contributed by atoms with E-state index < -0.39 is 0 Å². The molecule has 3 aromatic heterocycles. The van der Waals surface area contributed by atoms with Gasteiger partial charge in [-0.3, -0.25) is 14.2 Å². The lowest BCUT2D eigenvalue weighted by atomic mass is 10.5. The molecule has 3 heterocycles. The number of H-pyrrole nitrogens is 1. The van der Waals surface area contributed by atoms with E-state index in [1.807, 2.05) is 12.3 Å². The molecule has 15 heavy (non-hydrogen) atoms. The molecule has 0 fully saturated rings. The van der Waals surface area contributed by atoms with Crippen molar-refractivity contribution in [3.63, 3.8) is 0 Å². The quantitative estimate of drug-likeness (QED) is 0.579. The van der Waals surface area contributed by atoms with Crippen molar-refractivity contribution in [3.8, 4) is 0 Å². The molecular weight excluding hydrogens is 214 g/mol. The lowest BCUT2D eigenvalue weighted by Crippen LogP contribution is -2.12. The van der Waals surface area contributed by atoms with E-state index in [4.69, 9.17) is 5.73 Å².